The maximum atomic E-state index is 11.8. The Kier molecular flexibility index (Phi) is 7.86. The van der Waals surface area contributed by atoms with Crippen LogP contribution in [0.1, 0.15) is 85.0 Å². The minimum absolute atomic E-state index is 0.262. The van der Waals surface area contributed by atoms with Gasteiger partial charge in [-0.25, -0.2) is 4.79 Å². The molecule has 0 aromatic heterocycles. The molecule has 2 fully saturated rings. The molecular weight excluding hydrogens is 302 g/mol. The predicted octanol–water partition coefficient (Wildman–Crippen LogP) is 5.06. The van der Waals surface area contributed by atoms with Gasteiger partial charge in [-0.3, -0.25) is 0 Å². The molecule has 1 amide bonds. The molecule has 4 heteroatoms. The van der Waals surface area contributed by atoms with Crippen molar-refractivity contribution in [3.05, 3.63) is 0 Å². The van der Waals surface area contributed by atoms with E-state index in [0.29, 0.717) is 5.92 Å². The normalized spacial score (nSPS) is 26.1. The lowest BCUT2D eigenvalue weighted by Gasteiger charge is -2.30. The van der Waals surface area contributed by atoms with E-state index in [1.165, 1.54) is 38.5 Å². The third-order valence-electron chi connectivity index (χ3n) is 5.32. The third-order valence-corrected chi connectivity index (χ3v) is 5.32. The number of hydrogen-bond donors (Lipinski definition) is 1. The molecule has 0 heterocycles. The molecule has 0 radical (unpaired) electrons. The minimum atomic E-state index is -0.423. The van der Waals surface area contributed by atoms with Crippen molar-refractivity contribution in [2.45, 2.75) is 96.6 Å². The van der Waals surface area contributed by atoms with Crippen molar-refractivity contribution in [2.75, 3.05) is 13.2 Å². The van der Waals surface area contributed by atoms with Crippen LogP contribution >= 0.6 is 0 Å². The summed E-state index contributed by atoms with van der Waals surface area (Å²) in [6.07, 6.45) is 12.4. The first kappa shape index (κ1) is 19.6. The highest BCUT2D eigenvalue weighted by atomic mass is 16.6. The molecule has 4 nitrogen and oxygen atoms in total. The van der Waals surface area contributed by atoms with Gasteiger partial charge in [-0.2, -0.15) is 0 Å². The van der Waals surface area contributed by atoms with Crippen LogP contribution in [0.15, 0.2) is 0 Å². The second-order valence-electron chi connectivity index (χ2n) is 8.73. The Morgan fingerprint density at radius 2 is 1.62 bits per heavy atom. The smallest absolute Gasteiger partial charge is 0.407 e. The fraction of sp³-hybridized carbons (Fsp3) is 0.950. The quantitative estimate of drug-likeness (QED) is 0.688. The van der Waals surface area contributed by atoms with Crippen LogP contribution < -0.4 is 5.32 Å². The number of ether oxygens (including phenoxy) is 2. The Hall–Kier alpha value is -0.770. The lowest BCUT2D eigenvalue weighted by atomic mass is 9.86. The molecule has 24 heavy (non-hydrogen) atoms. The first-order valence-electron chi connectivity index (χ1n) is 9.99. The number of carbonyl (C=O) groups excluding carboxylic acids is 1. The monoisotopic (exact) mass is 339 g/mol. The minimum Gasteiger partial charge on any atom is -0.444 e. The Morgan fingerprint density at radius 1 is 0.958 bits per heavy atom. The summed E-state index contributed by atoms with van der Waals surface area (Å²) >= 11 is 0. The number of hydrogen-bond acceptors (Lipinski definition) is 3. The van der Waals surface area contributed by atoms with Crippen molar-refractivity contribution in [1.82, 2.24) is 5.32 Å². The summed E-state index contributed by atoms with van der Waals surface area (Å²) in [7, 11) is 0. The van der Waals surface area contributed by atoms with Gasteiger partial charge in [0, 0.05) is 19.3 Å². The van der Waals surface area contributed by atoms with E-state index in [1.807, 2.05) is 20.8 Å². The van der Waals surface area contributed by atoms with Crippen LogP contribution in [0.25, 0.3) is 0 Å². The number of alkyl carbamates (subject to hydrolysis) is 1. The Bertz CT molecular complexity index is 364. The van der Waals surface area contributed by atoms with Crippen molar-refractivity contribution in [1.29, 1.82) is 0 Å². The molecule has 0 unspecified atom stereocenters. The number of amides is 1. The van der Waals surface area contributed by atoms with Crippen molar-refractivity contribution in [2.24, 2.45) is 11.8 Å². The van der Waals surface area contributed by atoms with Gasteiger partial charge in [-0.1, -0.05) is 32.1 Å². The molecule has 0 bridgehead atoms. The van der Waals surface area contributed by atoms with E-state index in [2.05, 4.69) is 5.32 Å². The lowest BCUT2D eigenvalue weighted by molar-refractivity contribution is 0.0454. The Balaban J connectivity index is 1.52. The van der Waals surface area contributed by atoms with E-state index >= 15 is 0 Å². The van der Waals surface area contributed by atoms with Crippen LogP contribution in [0.4, 0.5) is 4.79 Å². The molecule has 0 aliphatic heterocycles. The molecule has 2 aliphatic rings. The highest BCUT2D eigenvalue weighted by Crippen LogP contribution is 2.27. The Labute approximate surface area is 148 Å². The summed E-state index contributed by atoms with van der Waals surface area (Å²) in [5.41, 5.74) is -0.423. The molecule has 2 rings (SSSR count). The zero-order chi connectivity index (χ0) is 17.4. The number of carbonyl (C=O) groups is 1. The predicted molar refractivity (Wildman–Crippen MR) is 97.1 cm³/mol. The van der Waals surface area contributed by atoms with Gasteiger partial charge in [0.15, 0.2) is 0 Å². The second kappa shape index (κ2) is 9.65. The van der Waals surface area contributed by atoms with Crippen molar-refractivity contribution < 1.29 is 14.3 Å². The van der Waals surface area contributed by atoms with E-state index < -0.39 is 5.60 Å². The molecule has 140 valence electrons. The number of nitrogens with one attached hydrogen (secondary N) is 1. The second-order valence-corrected chi connectivity index (χ2v) is 8.73. The van der Waals surface area contributed by atoms with E-state index in [0.717, 1.165) is 44.8 Å². The van der Waals surface area contributed by atoms with Crippen LogP contribution in [-0.2, 0) is 9.47 Å². The maximum absolute atomic E-state index is 11.8. The zero-order valence-corrected chi connectivity index (χ0v) is 15.9. The lowest BCUT2D eigenvalue weighted by Crippen LogP contribution is -2.41. The fourth-order valence-electron chi connectivity index (χ4n) is 3.92. The average molecular weight is 340 g/mol. The summed E-state index contributed by atoms with van der Waals surface area (Å²) in [6.45, 7) is 7.52. The number of rotatable bonds is 6. The van der Waals surface area contributed by atoms with Gasteiger partial charge in [0.25, 0.3) is 0 Å². The zero-order valence-electron chi connectivity index (χ0n) is 15.9. The van der Waals surface area contributed by atoms with Crippen LogP contribution in [0, 0.1) is 11.8 Å². The summed E-state index contributed by atoms with van der Waals surface area (Å²) in [5.74, 6) is 1.57. The molecule has 2 aliphatic carbocycles. The molecule has 2 saturated carbocycles. The van der Waals surface area contributed by atoms with E-state index in [4.69, 9.17) is 9.47 Å². The largest absolute Gasteiger partial charge is 0.444 e. The third kappa shape index (κ3) is 7.87. The van der Waals surface area contributed by atoms with Gasteiger partial charge in [-0.05, 0) is 64.7 Å². The van der Waals surface area contributed by atoms with E-state index in [9.17, 15) is 4.79 Å². The molecule has 0 aromatic rings. The average Bonchev–Trinajstić information content (AvgIpc) is 2.52. The van der Waals surface area contributed by atoms with Gasteiger partial charge in [0.2, 0.25) is 0 Å². The van der Waals surface area contributed by atoms with Gasteiger partial charge >= 0.3 is 6.09 Å². The van der Waals surface area contributed by atoms with Gasteiger partial charge in [0.1, 0.15) is 5.60 Å². The first-order valence-corrected chi connectivity index (χ1v) is 9.99. The van der Waals surface area contributed by atoms with Crippen LogP contribution in [0.5, 0.6) is 0 Å². The highest BCUT2D eigenvalue weighted by molar-refractivity contribution is 5.68. The summed E-state index contributed by atoms with van der Waals surface area (Å²) in [5, 5.41) is 3.00. The van der Waals surface area contributed by atoms with E-state index in [1.54, 1.807) is 0 Å². The van der Waals surface area contributed by atoms with Gasteiger partial charge in [-0.15, -0.1) is 0 Å². The van der Waals surface area contributed by atoms with Crippen LogP contribution in [-0.4, -0.2) is 30.9 Å². The standard InChI is InChI=1S/C20H37NO3/c1-20(2,3)24-19(22)21-18-11-9-17(10-12-18)15-23-14-13-16-7-5-4-6-8-16/h16-18H,4-15H2,1-3H3,(H,21,22)/t17-,18-. The summed E-state index contributed by atoms with van der Waals surface area (Å²) in [4.78, 5) is 11.8. The molecule has 1 N–H and O–H groups in total. The highest BCUT2D eigenvalue weighted by Gasteiger charge is 2.25. The van der Waals surface area contributed by atoms with Crippen molar-refractivity contribution in [3.63, 3.8) is 0 Å². The molecule has 0 saturated heterocycles. The van der Waals surface area contributed by atoms with Gasteiger partial charge in [0.05, 0.1) is 0 Å². The molecule has 0 spiro atoms. The van der Waals surface area contributed by atoms with Gasteiger partial charge < -0.3 is 14.8 Å². The van der Waals surface area contributed by atoms with Crippen molar-refractivity contribution >= 4 is 6.09 Å². The summed E-state index contributed by atoms with van der Waals surface area (Å²) < 4.78 is 11.3. The SMILES string of the molecule is CC(C)(C)OC(=O)N[C@H]1CC[C@H](COCCC2CCCCC2)CC1. The topological polar surface area (TPSA) is 47.6 Å². The molecule has 0 atom stereocenters. The molecule has 0 aromatic carbocycles. The maximum Gasteiger partial charge on any atom is 0.407 e. The van der Waals surface area contributed by atoms with Crippen LogP contribution in [0.2, 0.25) is 0 Å². The van der Waals surface area contributed by atoms with Crippen molar-refractivity contribution in [3.8, 4) is 0 Å². The molecular formula is C20H37NO3. The summed E-state index contributed by atoms with van der Waals surface area (Å²) in [6, 6.07) is 0.262. The van der Waals surface area contributed by atoms with E-state index in [-0.39, 0.29) is 12.1 Å². The van der Waals surface area contributed by atoms with Crippen LogP contribution in [0.3, 0.4) is 0 Å². The Morgan fingerprint density at radius 3 is 2.25 bits per heavy atom. The fourth-order valence-corrected chi connectivity index (χ4v) is 3.92. The first-order chi connectivity index (χ1) is 11.4.